The van der Waals surface area contributed by atoms with E-state index in [0.29, 0.717) is 44.3 Å². The molecule has 1 aliphatic heterocycles. The Morgan fingerprint density at radius 3 is 2.33 bits per heavy atom. The molecule has 10 heteroatoms. The highest BCUT2D eigenvalue weighted by atomic mass is 32.2. The van der Waals surface area contributed by atoms with Crippen LogP contribution in [0.25, 0.3) is 11.3 Å². The van der Waals surface area contributed by atoms with E-state index in [9.17, 15) is 8.42 Å². The van der Waals surface area contributed by atoms with E-state index in [1.165, 1.54) is 4.31 Å². The van der Waals surface area contributed by atoms with Crippen LogP contribution in [-0.2, 0) is 27.7 Å². The number of aryl methyl sites for hydroxylation is 1. The number of rotatable bonds is 9. The van der Waals surface area contributed by atoms with Gasteiger partial charge in [-0.3, -0.25) is 0 Å². The van der Waals surface area contributed by atoms with Gasteiger partial charge < -0.3 is 18.8 Å². The van der Waals surface area contributed by atoms with Crippen LogP contribution in [-0.4, -0.2) is 57.8 Å². The highest BCUT2D eigenvalue weighted by Crippen LogP contribution is 2.29. The van der Waals surface area contributed by atoms with Crippen molar-refractivity contribution >= 4 is 27.0 Å². The predicted octanol–water partition coefficient (Wildman–Crippen LogP) is 4.73. The fraction of sp³-hybridized carbons (Fsp3) is 0.276. The molecule has 0 amide bonds. The molecule has 0 bridgehead atoms. The van der Waals surface area contributed by atoms with Gasteiger partial charge >= 0.3 is 0 Å². The highest BCUT2D eigenvalue weighted by Gasteiger charge is 2.26. The maximum Gasteiger partial charge on any atom is 0.243 e. The lowest BCUT2D eigenvalue weighted by atomic mass is 10.1. The predicted molar refractivity (Wildman–Crippen MR) is 152 cm³/mol. The maximum atomic E-state index is 13.1. The largest absolute Gasteiger partial charge is 0.493 e. The van der Waals surface area contributed by atoms with Gasteiger partial charge in [-0.1, -0.05) is 36.4 Å². The number of benzene rings is 3. The van der Waals surface area contributed by atoms with E-state index >= 15 is 0 Å². The standard InChI is InChI=1S/C29H31N3O5S2/c1-35-27-13-8-22(20-28(27)36-2)14-15-32-26(21-38-29(32)30-24-6-4-3-5-7-24)23-9-11-25(12-10-23)39(33,34)31-16-18-37-19-17-31/h3-13,20-21H,14-19H2,1-2H3. The normalized spacial score (nSPS) is 14.9. The molecule has 1 saturated heterocycles. The number of morpholine rings is 1. The molecule has 1 aliphatic rings. The zero-order chi connectivity index (χ0) is 27.2. The Balaban J connectivity index is 1.48. The number of sulfonamides is 1. The Labute approximate surface area is 232 Å². The summed E-state index contributed by atoms with van der Waals surface area (Å²) in [5.74, 6) is 1.38. The molecule has 1 fully saturated rings. The maximum absolute atomic E-state index is 13.1. The smallest absolute Gasteiger partial charge is 0.243 e. The van der Waals surface area contributed by atoms with Gasteiger partial charge in [0, 0.05) is 25.0 Å². The minimum Gasteiger partial charge on any atom is -0.493 e. The number of aromatic nitrogens is 1. The summed E-state index contributed by atoms with van der Waals surface area (Å²) < 4.78 is 46.0. The molecule has 204 valence electrons. The summed E-state index contributed by atoms with van der Waals surface area (Å²) in [6.07, 6.45) is 0.746. The number of thiazole rings is 1. The molecule has 39 heavy (non-hydrogen) atoms. The van der Waals surface area contributed by atoms with Crippen molar-refractivity contribution in [2.75, 3.05) is 40.5 Å². The number of hydrogen-bond acceptors (Lipinski definition) is 7. The second kappa shape index (κ2) is 12.2. The van der Waals surface area contributed by atoms with Gasteiger partial charge in [0.15, 0.2) is 16.3 Å². The molecule has 1 aromatic heterocycles. The van der Waals surface area contributed by atoms with Gasteiger partial charge in [0.05, 0.1) is 43.7 Å². The van der Waals surface area contributed by atoms with E-state index in [1.807, 2.05) is 60.7 Å². The highest BCUT2D eigenvalue weighted by molar-refractivity contribution is 7.89. The average Bonchev–Trinajstić information content (AvgIpc) is 3.38. The van der Waals surface area contributed by atoms with Gasteiger partial charge in [0.25, 0.3) is 0 Å². The van der Waals surface area contributed by atoms with Crippen LogP contribution >= 0.6 is 11.3 Å². The molecular formula is C29H31N3O5S2. The van der Waals surface area contributed by atoms with Gasteiger partial charge in [0.2, 0.25) is 10.0 Å². The number of hydrogen-bond donors (Lipinski definition) is 0. The summed E-state index contributed by atoms with van der Waals surface area (Å²) in [6.45, 7) is 2.25. The first-order valence-corrected chi connectivity index (χ1v) is 15.0. The molecular weight excluding hydrogens is 534 g/mol. The second-order valence-electron chi connectivity index (χ2n) is 8.98. The van der Waals surface area contributed by atoms with Crippen LogP contribution in [0.15, 0.2) is 88.1 Å². The van der Waals surface area contributed by atoms with Crippen molar-refractivity contribution in [2.45, 2.75) is 17.9 Å². The van der Waals surface area contributed by atoms with Gasteiger partial charge in [-0.25, -0.2) is 13.4 Å². The van der Waals surface area contributed by atoms with Crippen LogP contribution in [0.4, 0.5) is 5.69 Å². The summed E-state index contributed by atoms with van der Waals surface area (Å²) in [5.41, 5.74) is 3.88. The number of para-hydroxylation sites is 1. The summed E-state index contributed by atoms with van der Waals surface area (Å²) in [5, 5.41) is 2.07. The molecule has 0 radical (unpaired) electrons. The van der Waals surface area contributed by atoms with Crippen molar-refractivity contribution in [3.05, 3.63) is 88.5 Å². The fourth-order valence-electron chi connectivity index (χ4n) is 4.49. The molecule has 0 spiro atoms. The van der Waals surface area contributed by atoms with Gasteiger partial charge in [0.1, 0.15) is 0 Å². The SMILES string of the molecule is COc1ccc(CCn2c(-c3ccc(S(=O)(=O)N4CCOCC4)cc3)csc2=Nc2ccccc2)cc1OC. The fourth-order valence-corrected chi connectivity index (χ4v) is 6.85. The molecule has 0 unspecified atom stereocenters. The van der Waals surface area contributed by atoms with E-state index in [2.05, 4.69) is 9.95 Å². The summed E-state index contributed by atoms with van der Waals surface area (Å²) in [7, 11) is -0.300. The van der Waals surface area contributed by atoms with Gasteiger partial charge in [-0.15, -0.1) is 11.3 Å². The van der Waals surface area contributed by atoms with Crippen molar-refractivity contribution in [3.63, 3.8) is 0 Å². The van der Waals surface area contributed by atoms with Crippen LogP contribution < -0.4 is 14.3 Å². The molecule has 4 aromatic rings. The van der Waals surface area contributed by atoms with E-state index in [1.54, 1.807) is 37.7 Å². The lowest BCUT2D eigenvalue weighted by molar-refractivity contribution is 0.0730. The monoisotopic (exact) mass is 565 g/mol. The van der Waals surface area contributed by atoms with E-state index in [0.717, 1.165) is 33.7 Å². The molecule has 3 aromatic carbocycles. The van der Waals surface area contributed by atoms with Gasteiger partial charge in [-0.05, 0) is 53.9 Å². The van der Waals surface area contributed by atoms with Crippen LogP contribution in [0.2, 0.25) is 0 Å². The topological polar surface area (TPSA) is 82.4 Å². The van der Waals surface area contributed by atoms with Crippen molar-refractivity contribution in [1.82, 2.24) is 8.87 Å². The first kappa shape index (κ1) is 27.1. The van der Waals surface area contributed by atoms with Gasteiger partial charge in [-0.2, -0.15) is 4.31 Å². The van der Waals surface area contributed by atoms with Crippen LogP contribution in [0.1, 0.15) is 5.56 Å². The minimum absolute atomic E-state index is 0.287. The van der Waals surface area contributed by atoms with Crippen LogP contribution in [0, 0.1) is 0 Å². The molecule has 0 atom stereocenters. The lowest BCUT2D eigenvalue weighted by Gasteiger charge is -2.26. The minimum atomic E-state index is -3.56. The summed E-state index contributed by atoms with van der Waals surface area (Å²) >= 11 is 1.56. The zero-order valence-corrected chi connectivity index (χ0v) is 23.6. The Bertz CT molecular complexity index is 1570. The summed E-state index contributed by atoms with van der Waals surface area (Å²) in [4.78, 5) is 6.05. The Morgan fingerprint density at radius 1 is 0.923 bits per heavy atom. The number of methoxy groups -OCH3 is 2. The molecule has 5 rings (SSSR count). The Kier molecular flexibility index (Phi) is 8.47. The van der Waals surface area contributed by atoms with E-state index in [4.69, 9.17) is 19.2 Å². The third kappa shape index (κ3) is 6.09. The quantitative estimate of drug-likeness (QED) is 0.293. The Hall–Kier alpha value is -3.44. The molecule has 2 heterocycles. The Morgan fingerprint density at radius 2 is 1.64 bits per heavy atom. The number of ether oxygens (including phenoxy) is 3. The van der Waals surface area contributed by atoms with E-state index in [-0.39, 0.29) is 4.90 Å². The van der Waals surface area contributed by atoms with E-state index < -0.39 is 10.0 Å². The molecule has 8 nitrogen and oxygen atoms in total. The second-order valence-corrected chi connectivity index (χ2v) is 11.8. The average molecular weight is 566 g/mol. The van der Waals surface area contributed by atoms with Crippen LogP contribution in [0.5, 0.6) is 11.5 Å². The third-order valence-corrected chi connectivity index (χ3v) is 9.39. The van der Waals surface area contributed by atoms with Crippen molar-refractivity contribution < 1.29 is 22.6 Å². The van der Waals surface area contributed by atoms with Crippen LogP contribution in [0.3, 0.4) is 0 Å². The summed E-state index contributed by atoms with van der Waals surface area (Å²) in [6, 6.07) is 22.9. The lowest BCUT2D eigenvalue weighted by Crippen LogP contribution is -2.40. The number of nitrogens with zero attached hydrogens (tertiary/aromatic N) is 3. The first-order chi connectivity index (χ1) is 19.0. The molecule has 0 aliphatic carbocycles. The first-order valence-electron chi connectivity index (χ1n) is 12.7. The van der Waals surface area contributed by atoms with Crippen molar-refractivity contribution in [2.24, 2.45) is 4.99 Å². The third-order valence-electron chi connectivity index (χ3n) is 6.61. The van der Waals surface area contributed by atoms with Crippen molar-refractivity contribution in [3.8, 4) is 22.8 Å². The molecule has 0 saturated carbocycles. The zero-order valence-electron chi connectivity index (χ0n) is 21.9. The van der Waals surface area contributed by atoms with Crippen molar-refractivity contribution in [1.29, 1.82) is 0 Å². The molecule has 0 N–H and O–H groups in total.